The average molecular weight is 366 g/mol. The first kappa shape index (κ1) is 19.0. The van der Waals surface area contributed by atoms with Crippen molar-refractivity contribution in [3.63, 3.8) is 0 Å². The zero-order chi connectivity index (χ0) is 19.1. The van der Waals surface area contributed by atoms with Gasteiger partial charge in [0.25, 0.3) is 5.91 Å². The van der Waals surface area contributed by atoms with Gasteiger partial charge in [-0.2, -0.15) is 0 Å². The first-order valence-corrected chi connectivity index (χ1v) is 7.29. The molecule has 0 radical (unpaired) electrons. The molecule has 0 aliphatic rings. The minimum absolute atomic E-state index is 0.0145. The summed E-state index contributed by atoms with van der Waals surface area (Å²) in [5.74, 6) is -5.17. The maximum Gasteiger partial charge on any atom is 0.338 e. The van der Waals surface area contributed by atoms with Crippen LogP contribution in [0.2, 0.25) is 0 Å². The highest BCUT2D eigenvalue weighted by atomic mass is 19.2. The van der Waals surface area contributed by atoms with Crippen molar-refractivity contribution in [1.29, 1.82) is 0 Å². The summed E-state index contributed by atoms with van der Waals surface area (Å²) in [5.41, 5.74) is -0.0467. The van der Waals surface area contributed by atoms with E-state index in [0.29, 0.717) is 0 Å². The van der Waals surface area contributed by atoms with Gasteiger partial charge in [-0.1, -0.05) is 6.07 Å². The Morgan fingerprint density at radius 2 is 1.69 bits per heavy atom. The normalized spacial score (nSPS) is 10.1. The van der Waals surface area contributed by atoms with Crippen LogP contribution in [0.15, 0.2) is 42.5 Å². The molecule has 2 aromatic carbocycles. The van der Waals surface area contributed by atoms with Crippen molar-refractivity contribution >= 4 is 23.5 Å². The summed E-state index contributed by atoms with van der Waals surface area (Å²) >= 11 is 0. The van der Waals surface area contributed by atoms with E-state index < -0.39 is 48.4 Å². The minimum Gasteiger partial charge on any atom is -0.452 e. The summed E-state index contributed by atoms with van der Waals surface area (Å²) < 4.78 is 43.5. The molecular weight excluding hydrogens is 353 g/mol. The van der Waals surface area contributed by atoms with Gasteiger partial charge in [0, 0.05) is 11.8 Å². The third kappa shape index (κ3) is 5.62. The number of esters is 1. The maximum absolute atomic E-state index is 13.0. The van der Waals surface area contributed by atoms with Crippen molar-refractivity contribution in [2.75, 3.05) is 18.5 Å². The standard InChI is InChI=1S/C17H13F3N2O4/c18-11-3-1-2-10(6-11)17(25)26-9-16(24)21-8-15(23)22-12-4-5-13(19)14(20)7-12/h1-7H,8-9H2,(H,21,24)(H,22,23). The van der Waals surface area contributed by atoms with E-state index in [-0.39, 0.29) is 11.3 Å². The number of nitrogens with one attached hydrogen (secondary N) is 2. The number of anilines is 1. The van der Waals surface area contributed by atoms with Gasteiger partial charge in [-0.15, -0.1) is 0 Å². The molecule has 0 heterocycles. The number of ether oxygens (including phenoxy) is 1. The molecule has 2 amide bonds. The molecule has 0 unspecified atom stereocenters. The lowest BCUT2D eigenvalue weighted by Gasteiger charge is -2.08. The second-order valence-electron chi connectivity index (χ2n) is 5.04. The van der Waals surface area contributed by atoms with Gasteiger partial charge in [0.15, 0.2) is 18.2 Å². The smallest absolute Gasteiger partial charge is 0.338 e. The van der Waals surface area contributed by atoms with Gasteiger partial charge >= 0.3 is 5.97 Å². The van der Waals surface area contributed by atoms with E-state index in [2.05, 4.69) is 15.4 Å². The van der Waals surface area contributed by atoms with Crippen molar-refractivity contribution in [3.05, 3.63) is 65.5 Å². The van der Waals surface area contributed by atoms with Crippen LogP contribution in [0.1, 0.15) is 10.4 Å². The molecule has 0 spiro atoms. The number of halogens is 3. The topological polar surface area (TPSA) is 84.5 Å². The van der Waals surface area contributed by atoms with Gasteiger partial charge < -0.3 is 15.4 Å². The summed E-state index contributed by atoms with van der Waals surface area (Å²) in [7, 11) is 0. The zero-order valence-corrected chi connectivity index (χ0v) is 13.2. The van der Waals surface area contributed by atoms with Gasteiger partial charge in [-0.3, -0.25) is 9.59 Å². The number of carbonyl (C=O) groups excluding carboxylic acids is 3. The van der Waals surface area contributed by atoms with Gasteiger partial charge in [0.05, 0.1) is 12.1 Å². The highest BCUT2D eigenvalue weighted by molar-refractivity contribution is 5.95. The predicted molar refractivity (Wildman–Crippen MR) is 84.7 cm³/mol. The van der Waals surface area contributed by atoms with Crippen molar-refractivity contribution in [1.82, 2.24) is 5.32 Å². The summed E-state index contributed by atoms with van der Waals surface area (Å²) in [5, 5.41) is 4.43. The third-order valence-corrected chi connectivity index (χ3v) is 3.04. The van der Waals surface area contributed by atoms with Gasteiger partial charge in [0.1, 0.15) is 5.82 Å². The molecule has 26 heavy (non-hydrogen) atoms. The molecule has 2 aromatic rings. The summed E-state index contributed by atoms with van der Waals surface area (Å²) in [6, 6.07) is 7.52. The molecule has 136 valence electrons. The Kier molecular flexibility index (Phi) is 6.31. The lowest BCUT2D eigenvalue weighted by Crippen LogP contribution is -2.35. The molecule has 0 aromatic heterocycles. The fourth-order valence-corrected chi connectivity index (χ4v) is 1.84. The number of hydrogen-bond acceptors (Lipinski definition) is 4. The largest absolute Gasteiger partial charge is 0.452 e. The molecule has 0 aliphatic heterocycles. The fourth-order valence-electron chi connectivity index (χ4n) is 1.84. The molecule has 9 heteroatoms. The SMILES string of the molecule is O=C(COC(=O)c1cccc(F)c1)NCC(=O)Nc1ccc(F)c(F)c1. The quantitative estimate of drug-likeness (QED) is 0.766. The van der Waals surface area contributed by atoms with Crippen LogP contribution in [0.25, 0.3) is 0 Å². The van der Waals surface area contributed by atoms with E-state index in [0.717, 1.165) is 30.3 Å². The van der Waals surface area contributed by atoms with Crippen LogP contribution in [-0.2, 0) is 14.3 Å². The summed E-state index contributed by atoms with van der Waals surface area (Å²) in [6.07, 6.45) is 0. The van der Waals surface area contributed by atoms with Crippen molar-refractivity contribution < 1.29 is 32.3 Å². The number of benzene rings is 2. The van der Waals surface area contributed by atoms with E-state index in [9.17, 15) is 27.6 Å². The Morgan fingerprint density at radius 1 is 0.923 bits per heavy atom. The monoisotopic (exact) mass is 366 g/mol. The van der Waals surface area contributed by atoms with Crippen LogP contribution in [0.5, 0.6) is 0 Å². The van der Waals surface area contributed by atoms with E-state index in [1.54, 1.807) is 0 Å². The second kappa shape index (κ2) is 8.65. The summed E-state index contributed by atoms with van der Waals surface area (Å²) in [6.45, 7) is -1.15. The van der Waals surface area contributed by atoms with Crippen molar-refractivity contribution in [2.45, 2.75) is 0 Å². The van der Waals surface area contributed by atoms with Crippen molar-refractivity contribution in [2.24, 2.45) is 0 Å². The first-order chi connectivity index (χ1) is 12.3. The Morgan fingerprint density at radius 3 is 2.38 bits per heavy atom. The van der Waals surface area contributed by atoms with Crippen LogP contribution in [-0.4, -0.2) is 30.9 Å². The van der Waals surface area contributed by atoms with Crippen LogP contribution in [0, 0.1) is 17.5 Å². The van der Waals surface area contributed by atoms with E-state index in [4.69, 9.17) is 0 Å². The Hall–Kier alpha value is -3.36. The van der Waals surface area contributed by atoms with E-state index >= 15 is 0 Å². The average Bonchev–Trinajstić information content (AvgIpc) is 2.61. The van der Waals surface area contributed by atoms with Gasteiger partial charge in [-0.25, -0.2) is 18.0 Å². The van der Waals surface area contributed by atoms with Gasteiger partial charge in [0.2, 0.25) is 5.91 Å². The van der Waals surface area contributed by atoms with Crippen LogP contribution < -0.4 is 10.6 Å². The highest BCUT2D eigenvalue weighted by Crippen LogP contribution is 2.12. The summed E-state index contributed by atoms with van der Waals surface area (Å²) in [4.78, 5) is 34.8. The lowest BCUT2D eigenvalue weighted by molar-refractivity contribution is -0.126. The minimum atomic E-state index is -1.13. The van der Waals surface area contributed by atoms with Crippen LogP contribution in [0.3, 0.4) is 0 Å². The zero-order valence-electron chi connectivity index (χ0n) is 13.2. The molecule has 0 saturated heterocycles. The van der Waals surface area contributed by atoms with E-state index in [1.807, 2.05) is 0 Å². The lowest BCUT2D eigenvalue weighted by atomic mass is 10.2. The Labute approximate surface area is 146 Å². The first-order valence-electron chi connectivity index (χ1n) is 7.29. The molecule has 6 nitrogen and oxygen atoms in total. The van der Waals surface area contributed by atoms with E-state index in [1.165, 1.54) is 12.1 Å². The Balaban J connectivity index is 1.74. The molecule has 0 saturated carbocycles. The number of carbonyl (C=O) groups is 3. The van der Waals surface area contributed by atoms with Crippen LogP contribution in [0.4, 0.5) is 18.9 Å². The third-order valence-electron chi connectivity index (χ3n) is 3.04. The number of hydrogen-bond donors (Lipinski definition) is 2. The van der Waals surface area contributed by atoms with Crippen molar-refractivity contribution in [3.8, 4) is 0 Å². The van der Waals surface area contributed by atoms with Gasteiger partial charge in [-0.05, 0) is 30.3 Å². The predicted octanol–water partition coefficient (Wildman–Crippen LogP) is 2.02. The number of amides is 2. The molecule has 0 atom stereocenters. The molecule has 0 fully saturated rings. The molecular formula is C17H13F3N2O4. The fraction of sp³-hybridized carbons (Fsp3) is 0.118. The molecule has 2 rings (SSSR count). The second-order valence-corrected chi connectivity index (χ2v) is 5.04. The molecule has 0 bridgehead atoms. The van der Waals surface area contributed by atoms with Crippen LogP contribution >= 0.6 is 0 Å². The number of rotatable bonds is 6. The molecule has 2 N–H and O–H groups in total. The Bertz CT molecular complexity index is 843. The highest BCUT2D eigenvalue weighted by Gasteiger charge is 2.12. The molecule has 0 aliphatic carbocycles. The maximum atomic E-state index is 13.0.